The zero-order valence-corrected chi connectivity index (χ0v) is 14.5. The molecule has 7 heteroatoms. The number of carbonyl (C=O) groups is 2. The summed E-state index contributed by atoms with van der Waals surface area (Å²) in [5.41, 5.74) is 1.26. The lowest BCUT2D eigenvalue weighted by molar-refractivity contribution is -0.122. The topological polar surface area (TPSA) is 98.3 Å². The SMILES string of the molecule is CC(NC(=O)CCN(C(=O)O)C(C)(C)C)c1cc2ccncc2[nH]1. The quantitative estimate of drug-likeness (QED) is 0.784. The summed E-state index contributed by atoms with van der Waals surface area (Å²) < 4.78 is 0. The Balaban J connectivity index is 1.95. The lowest BCUT2D eigenvalue weighted by Crippen LogP contribution is -2.46. The number of carboxylic acid groups (broad SMARTS) is 1. The summed E-state index contributed by atoms with van der Waals surface area (Å²) >= 11 is 0. The van der Waals surface area contributed by atoms with Crippen molar-refractivity contribution in [2.45, 2.75) is 45.7 Å². The van der Waals surface area contributed by atoms with Gasteiger partial charge in [0, 0.05) is 35.8 Å². The van der Waals surface area contributed by atoms with Gasteiger partial charge in [0.2, 0.25) is 5.91 Å². The third-order valence-electron chi connectivity index (χ3n) is 3.89. The lowest BCUT2D eigenvalue weighted by atomic mass is 10.1. The number of pyridine rings is 1. The minimum atomic E-state index is -1.02. The molecule has 0 radical (unpaired) electrons. The first-order chi connectivity index (χ1) is 11.2. The number of nitrogens with one attached hydrogen (secondary N) is 2. The number of H-pyrrole nitrogens is 1. The van der Waals surface area contributed by atoms with E-state index < -0.39 is 11.6 Å². The first kappa shape index (κ1) is 17.8. The minimum absolute atomic E-state index is 0.121. The molecule has 2 heterocycles. The van der Waals surface area contributed by atoms with E-state index in [1.807, 2.05) is 19.1 Å². The predicted molar refractivity (Wildman–Crippen MR) is 91.8 cm³/mol. The van der Waals surface area contributed by atoms with Crippen molar-refractivity contribution in [3.05, 3.63) is 30.2 Å². The normalized spacial score (nSPS) is 12.8. The third-order valence-corrected chi connectivity index (χ3v) is 3.89. The molecule has 1 unspecified atom stereocenters. The Bertz CT molecular complexity index is 700. The zero-order chi connectivity index (χ0) is 17.9. The van der Waals surface area contributed by atoms with E-state index >= 15 is 0 Å². The molecular formula is C17H24N4O3. The number of amides is 2. The first-order valence-electron chi connectivity index (χ1n) is 7.91. The molecule has 24 heavy (non-hydrogen) atoms. The minimum Gasteiger partial charge on any atom is -0.465 e. The highest BCUT2D eigenvalue weighted by Gasteiger charge is 2.26. The van der Waals surface area contributed by atoms with Crippen LogP contribution < -0.4 is 5.32 Å². The molecule has 0 saturated heterocycles. The van der Waals surface area contributed by atoms with Gasteiger partial charge >= 0.3 is 6.09 Å². The van der Waals surface area contributed by atoms with E-state index in [2.05, 4.69) is 15.3 Å². The molecule has 2 amide bonds. The summed E-state index contributed by atoms with van der Waals surface area (Å²) in [6, 6.07) is 3.68. The van der Waals surface area contributed by atoms with Gasteiger partial charge in [0.15, 0.2) is 0 Å². The Morgan fingerprint density at radius 1 is 1.42 bits per heavy atom. The summed E-state index contributed by atoms with van der Waals surface area (Å²) in [7, 11) is 0. The van der Waals surface area contributed by atoms with Crippen LogP contribution in [0, 0.1) is 0 Å². The second-order valence-electron chi connectivity index (χ2n) is 6.83. The number of aromatic nitrogens is 2. The molecule has 2 aromatic rings. The maximum Gasteiger partial charge on any atom is 0.407 e. The molecule has 0 saturated carbocycles. The highest BCUT2D eigenvalue weighted by molar-refractivity contribution is 5.80. The summed E-state index contributed by atoms with van der Waals surface area (Å²) in [5.74, 6) is -0.185. The fourth-order valence-corrected chi connectivity index (χ4v) is 2.55. The first-order valence-corrected chi connectivity index (χ1v) is 7.91. The highest BCUT2D eigenvalue weighted by Crippen LogP contribution is 2.19. The van der Waals surface area contributed by atoms with Gasteiger partial charge < -0.3 is 20.3 Å². The van der Waals surface area contributed by atoms with Crippen molar-refractivity contribution in [3.63, 3.8) is 0 Å². The van der Waals surface area contributed by atoms with E-state index in [-0.39, 0.29) is 24.9 Å². The van der Waals surface area contributed by atoms with Crippen LogP contribution in [0.15, 0.2) is 24.5 Å². The summed E-state index contributed by atoms with van der Waals surface area (Å²) in [6.45, 7) is 7.46. The maximum absolute atomic E-state index is 12.1. The molecule has 3 N–H and O–H groups in total. The van der Waals surface area contributed by atoms with Crippen molar-refractivity contribution in [2.24, 2.45) is 0 Å². The van der Waals surface area contributed by atoms with Gasteiger partial charge in [-0.15, -0.1) is 0 Å². The van der Waals surface area contributed by atoms with Crippen molar-refractivity contribution in [2.75, 3.05) is 6.54 Å². The average molecular weight is 332 g/mol. The Morgan fingerprint density at radius 2 is 2.12 bits per heavy atom. The van der Waals surface area contributed by atoms with Crippen LogP contribution in [0.25, 0.3) is 10.9 Å². The van der Waals surface area contributed by atoms with Gasteiger partial charge in [0.1, 0.15) is 0 Å². The van der Waals surface area contributed by atoms with Crippen molar-refractivity contribution in [1.29, 1.82) is 0 Å². The molecule has 0 aliphatic rings. The average Bonchev–Trinajstić information content (AvgIpc) is 2.89. The molecular weight excluding hydrogens is 308 g/mol. The monoisotopic (exact) mass is 332 g/mol. The van der Waals surface area contributed by atoms with Crippen molar-refractivity contribution in [3.8, 4) is 0 Å². The van der Waals surface area contributed by atoms with Crippen LogP contribution in [0.1, 0.15) is 45.9 Å². The molecule has 0 aromatic carbocycles. The van der Waals surface area contributed by atoms with Crippen LogP contribution in [0.5, 0.6) is 0 Å². The van der Waals surface area contributed by atoms with Crippen molar-refractivity contribution in [1.82, 2.24) is 20.2 Å². The Hall–Kier alpha value is -2.57. The van der Waals surface area contributed by atoms with Gasteiger partial charge in [-0.05, 0) is 39.8 Å². The van der Waals surface area contributed by atoms with Gasteiger partial charge in [-0.3, -0.25) is 9.78 Å². The number of fused-ring (bicyclic) bond motifs is 1. The third kappa shape index (κ3) is 4.24. The van der Waals surface area contributed by atoms with Gasteiger partial charge in [0.05, 0.1) is 17.8 Å². The number of hydrogen-bond donors (Lipinski definition) is 3. The highest BCUT2D eigenvalue weighted by atomic mass is 16.4. The second kappa shape index (κ2) is 6.90. The molecule has 0 bridgehead atoms. The number of carbonyl (C=O) groups excluding carboxylic acids is 1. The number of hydrogen-bond acceptors (Lipinski definition) is 3. The van der Waals surface area contributed by atoms with Gasteiger partial charge in [-0.25, -0.2) is 4.79 Å². The Kier molecular flexibility index (Phi) is 5.11. The molecule has 7 nitrogen and oxygen atoms in total. The fourth-order valence-electron chi connectivity index (χ4n) is 2.55. The van der Waals surface area contributed by atoms with Crippen LogP contribution in [0.4, 0.5) is 4.79 Å². The van der Waals surface area contributed by atoms with Gasteiger partial charge in [-0.1, -0.05) is 0 Å². The Morgan fingerprint density at radius 3 is 2.71 bits per heavy atom. The van der Waals surface area contributed by atoms with Crippen LogP contribution in [-0.2, 0) is 4.79 Å². The largest absolute Gasteiger partial charge is 0.465 e. The van der Waals surface area contributed by atoms with Crippen molar-refractivity contribution >= 4 is 22.9 Å². The second-order valence-corrected chi connectivity index (χ2v) is 6.83. The number of nitrogens with zero attached hydrogens (tertiary/aromatic N) is 2. The summed E-state index contributed by atoms with van der Waals surface area (Å²) in [4.78, 5) is 32.0. The van der Waals surface area contributed by atoms with E-state index in [9.17, 15) is 14.7 Å². The molecule has 130 valence electrons. The number of rotatable bonds is 5. The van der Waals surface area contributed by atoms with E-state index in [0.717, 1.165) is 16.6 Å². The van der Waals surface area contributed by atoms with Crippen LogP contribution in [0.3, 0.4) is 0 Å². The molecule has 0 aliphatic heterocycles. The lowest BCUT2D eigenvalue weighted by Gasteiger charge is -2.33. The van der Waals surface area contributed by atoms with Gasteiger partial charge in [-0.2, -0.15) is 0 Å². The molecule has 1 atom stereocenters. The van der Waals surface area contributed by atoms with Gasteiger partial charge in [0.25, 0.3) is 0 Å². The van der Waals surface area contributed by atoms with E-state index in [1.165, 1.54) is 4.90 Å². The van der Waals surface area contributed by atoms with E-state index in [1.54, 1.807) is 33.2 Å². The molecule has 2 rings (SSSR count). The Labute approximate surface area is 141 Å². The smallest absolute Gasteiger partial charge is 0.407 e. The van der Waals surface area contributed by atoms with Crippen LogP contribution >= 0.6 is 0 Å². The maximum atomic E-state index is 12.1. The van der Waals surface area contributed by atoms with E-state index in [0.29, 0.717) is 0 Å². The van der Waals surface area contributed by atoms with E-state index in [4.69, 9.17) is 0 Å². The molecule has 2 aromatic heterocycles. The van der Waals surface area contributed by atoms with Crippen LogP contribution in [0.2, 0.25) is 0 Å². The molecule has 0 aliphatic carbocycles. The zero-order valence-electron chi connectivity index (χ0n) is 14.5. The van der Waals surface area contributed by atoms with Crippen molar-refractivity contribution < 1.29 is 14.7 Å². The fraction of sp³-hybridized carbons (Fsp3) is 0.471. The predicted octanol–water partition coefficient (Wildman–Crippen LogP) is 2.91. The summed E-state index contributed by atoms with van der Waals surface area (Å²) in [6.07, 6.45) is 2.55. The number of aromatic amines is 1. The standard InChI is InChI=1S/C17H24N4O3/c1-11(13-9-12-5-7-18-10-14(12)20-13)19-15(22)6-8-21(16(23)24)17(2,3)4/h5,7,9-11,20H,6,8H2,1-4H3,(H,19,22)(H,23,24). The molecule has 0 spiro atoms. The summed E-state index contributed by atoms with van der Waals surface area (Å²) in [5, 5.41) is 13.2. The van der Waals surface area contributed by atoms with Crippen LogP contribution in [-0.4, -0.2) is 44.1 Å². The molecule has 0 fully saturated rings.